The average Bonchev–Trinajstić information content (AvgIpc) is 3.71. The number of hydrogen-bond donors (Lipinski definition) is 2. The van der Waals surface area contributed by atoms with Gasteiger partial charge < -0.3 is 28.8 Å². The molecule has 0 aromatic heterocycles. The van der Waals surface area contributed by atoms with Crippen LogP contribution in [0.3, 0.4) is 0 Å². The fourth-order valence-corrected chi connectivity index (χ4v) is 11.7. The van der Waals surface area contributed by atoms with Gasteiger partial charge in [-0.3, -0.25) is 9.36 Å². The monoisotopic (exact) mass is 1250 g/mol. The molecule has 0 rings (SSSR count). The number of nitrogens with one attached hydrogen (secondary N) is 1. The molecule has 0 aliphatic carbocycles. The Morgan fingerprint density at radius 3 is 1.01 bits per heavy atom. The number of unbranched alkanes of at least 4 members (excludes halogenated alkanes) is 42. The summed E-state index contributed by atoms with van der Waals surface area (Å²) in [5, 5.41) is 14.0. The molecule has 1 amide bonds. The Kier molecular flexibility index (Phi) is 66.8. The quantitative estimate of drug-likeness (QED) is 0.0272. The van der Waals surface area contributed by atoms with E-state index in [4.69, 9.17) is 9.05 Å². The van der Waals surface area contributed by atoms with Gasteiger partial charge in [0.25, 0.3) is 7.82 Å². The smallest absolute Gasteiger partial charge is 0.268 e. The molecule has 512 valence electrons. The highest BCUT2D eigenvalue weighted by Crippen LogP contribution is 2.38. The molecule has 88 heavy (non-hydrogen) atoms. The molecule has 9 heteroatoms. The van der Waals surface area contributed by atoms with E-state index in [1.165, 1.54) is 244 Å². The minimum absolute atomic E-state index is 0.00172. The minimum Gasteiger partial charge on any atom is -0.756 e. The van der Waals surface area contributed by atoms with Gasteiger partial charge in [0.15, 0.2) is 0 Å². The van der Waals surface area contributed by atoms with Crippen LogP contribution in [-0.2, 0) is 18.4 Å². The molecule has 0 aliphatic heterocycles. The maximum atomic E-state index is 13.1. The summed E-state index contributed by atoms with van der Waals surface area (Å²) in [4.78, 5) is 25.7. The van der Waals surface area contributed by atoms with Gasteiger partial charge in [-0.1, -0.05) is 361 Å². The Balaban J connectivity index is 3.99. The highest BCUT2D eigenvalue weighted by atomic mass is 31.2. The number of allylic oxidation sites excluding steroid dienone is 15. The third kappa shape index (κ3) is 70.9. The second-order valence-corrected chi connectivity index (χ2v) is 28.0. The lowest BCUT2D eigenvalue weighted by atomic mass is 10.0. The first kappa shape index (κ1) is 85.4. The van der Waals surface area contributed by atoms with Crippen LogP contribution in [0.4, 0.5) is 0 Å². The number of phosphoric acid groups is 1. The molecule has 0 radical (unpaired) electrons. The molecule has 3 atom stereocenters. The predicted octanol–water partition coefficient (Wildman–Crippen LogP) is 23.8. The number of carbonyl (C=O) groups excluding carboxylic acids is 1. The number of likely N-dealkylation sites (N-methyl/N-ethyl adjacent to an activating group) is 1. The van der Waals surface area contributed by atoms with Crippen molar-refractivity contribution in [3.05, 3.63) is 97.2 Å². The van der Waals surface area contributed by atoms with E-state index >= 15 is 0 Å². The summed E-state index contributed by atoms with van der Waals surface area (Å²) in [5.74, 6) is -0.193. The van der Waals surface area contributed by atoms with Crippen molar-refractivity contribution in [1.82, 2.24) is 5.32 Å². The Bertz CT molecular complexity index is 1760. The second kappa shape index (κ2) is 68.8. The zero-order valence-corrected chi connectivity index (χ0v) is 59.6. The summed E-state index contributed by atoms with van der Waals surface area (Å²) < 4.78 is 23.5. The Morgan fingerprint density at radius 1 is 0.409 bits per heavy atom. The van der Waals surface area contributed by atoms with Gasteiger partial charge in [0, 0.05) is 6.42 Å². The third-order valence-electron chi connectivity index (χ3n) is 16.8. The van der Waals surface area contributed by atoms with Crippen molar-refractivity contribution in [1.29, 1.82) is 0 Å². The molecule has 0 saturated carbocycles. The summed E-state index contributed by atoms with van der Waals surface area (Å²) in [7, 11) is 1.27. The van der Waals surface area contributed by atoms with E-state index in [9.17, 15) is 19.4 Å². The highest BCUT2D eigenvalue weighted by Gasteiger charge is 2.23. The van der Waals surface area contributed by atoms with Gasteiger partial charge in [-0.15, -0.1) is 0 Å². The Hall–Kier alpha value is -2.58. The largest absolute Gasteiger partial charge is 0.756 e. The Labute approximate surface area is 547 Å². The van der Waals surface area contributed by atoms with Crippen LogP contribution < -0.4 is 10.2 Å². The molecule has 0 bridgehead atoms. The van der Waals surface area contributed by atoms with Crippen molar-refractivity contribution in [2.45, 2.75) is 360 Å². The van der Waals surface area contributed by atoms with Gasteiger partial charge in [-0.05, 0) is 77.0 Å². The molecule has 3 unspecified atom stereocenters. The lowest BCUT2D eigenvalue weighted by molar-refractivity contribution is -0.870. The summed E-state index contributed by atoms with van der Waals surface area (Å²) >= 11 is 0. The third-order valence-corrected chi connectivity index (χ3v) is 17.8. The van der Waals surface area contributed by atoms with Gasteiger partial charge in [-0.25, -0.2) is 0 Å². The number of phosphoric ester groups is 1. The van der Waals surface area contributed by atoms with E-state index in [2.05, 4.69) is 104 Å². The van der Waals surface area contributed by atoms with Crippen molar-refractivity contribution in [2.24, 2.45) is 0 Å². The molecule has 8 nitrogen and oxygen atoms in total. The highest BCUT2D eigenvalue weighted by molar-refractivity contribution is 7.45. The SMILES string of the molecule is CC/C=C\C/C=C\C/C=C\C/C=C\C/C=C\C/C=C\C/C=C\CCCCCCCCCCCCCCCCCCCCCC(=O)NC(COP(=O)([O-])OCC[N+](C)(C)C)C(O)/C=C/CCCCCCCCCCCCCCCCCCCCCCCCC. The van der Waals surface area contributed by atoms with Crippen LogP contribution in [0.1, 0.15) is 348 Å². The maximum absolute atomic E-state index is 13.1. The number of hydrogen-bond acceptors (Lipinski definition) is 6. The Morgan fingerprint density at radius 2 is 0.693 bits per heavy atom. The van der Waals surface area contributed by atoms with Gasteiger partial charge in [-0.2, -0.15) is 0 Å². The average molecular weight is 1250 g/mol. The zero-order chi connectivity index (χ0) is 64.1. The fraction of sp³-hybridized carbons (Fsp3) is 0.785. The lowest BCUT2D eigenvalue weighted by Crippen LogP contribution is -2.45. The summed E-state index contributed by atoms with van der Waals surface area (Å²) in [6.45, 7) is 4.58. The van der Waals surface area contributed by atoms with E-state index in [1.54, 1.807) is 6.08 Å². The zero-order valence-electron chi connectivity index (χ0n) is 58.7. The number of amides is 1. The lowest BCUT2D eigenvalue weighted by Gasteiger charge is -2.29. The van der Waals surface area contributed by atoms with Gasteiger partial charge >= 0.3 is 0 Å². The molecule has 2 N–H and O–H groups in total. The van der Waals surface area contributed by atoms with E-state index in [1.807, 2.05) is 27.2 Å². The molecule has 0 heterocycles. The molecule has 0 spiro atoms. The molecular weight excluding hydrogens is 1100 g/mol. The predicted molar refractivity (Wildman–Crippen MR) is 385 cm³/mol. The van der Waals surface area contributed by atoms with Crippen LogP contribution in [0.25, 0.3) is 0 Å². The minimum atomic E-state index is -4.61. The van der Waals surface area contributed by atoms with Crippen molar-refractivity contribution in [3.63, 3.8) is 0 Å². The summed E-state index contributed by atoms with van der Waals surface area (Å²) in [5.41, 5.74) is 0. The van der Waals surface area contributed by atoms with Crippen molar-refractivity contribution >= 4 is 13.7 Å². The number of rotatable bonds is 69. The molecule has 0 saturated heterocycles. The van der Waals surface area contributed by atoms with E-state index in [0.717, 1.165) is 83.5 Å². The first-order chi connectivity index (χ1) is 43.0. The van der Waals surface area contributed by atoms with Gasteiger partial charge in [0.1, 0.15) is 13.2 Å². The van der Waals surface area contributed by atoms with Crippen LogP contribution in [0.2, 0.25) is 0 Å². The number of nitrogens with zero attached hydrogens (tertiary/aromatic N) is 1. The van der Waals surface area contributed by atoms with E-state index in [-0.39, 0.29) is 19.1 Å². The molecule has 0 fully saturated rings. The molecule has 0 aliphatic rings. The van der Waals surface area contributed by atoms with E-state index < -0.39 is 20.0 Å². The molecule has 0 aromatic carbocycles. The number of aliphatic hydroxyl groups excluding tert-OH is 1. The van der Waals surface area contributed by atoms with Crippen LogP contribution in [0.5, 0.6) is 0 Å². The normalized spacial score (nSPS) is 14.1. The van der Waals surface area contributed by atoms with Crippen LogP contribution in [0, 0.1) is 0 Å². The van der Waals surface area contributed by atoms with Crippen molar-refractivity contribution in [2.75, 3.05) is 40.9 Å². The van der Waals surface area contributed by atoms with Gasteiger partial charge in [0.05, 0.1) is 39.9 Å². The number of quaternary nitrogens is 1. The van der Waals surface area contributed by atoms with Crippen LogP contribution in [-0.4, -0.2) is 68.5 Å². The fourth-order valence-electron chi connectivity index (χ4n) is 11.0. The molecular formula is C79H145N2O6P. The number of carbonyl (C=O) groups is 1. The maximum Gasteiger partial charge on any atom is 0.268 e. The van der Waals surface area contributed by atoms with Gasteiger partial charge in [0.2, 0.25) is 5.91 Å². The van der Waals surface area contributed by atoms with Crippen molar-refractivity contribution < 1.29 is 32.9 Å². The summed E-state index contributed by atoms with van der Waals surface area (Å²) in [6.07, 6.45) is 99.7. The first-order valence-electron chi connectivity index (χ1n) is 37.6. The topological polar surface area (TPSA) is 108 Å². The number of aliphatic hydroxyl groups is 1. The standard InChI is InChI=1S/C79H145N2O6P/c1-6-8-10-12-14-16-18-20-22-24-26-28-30-32-33-34-35-36-37-38-39-40-41-42-43-44-45-46-47-49-51-53-55-57-59-61-63-65-67-69-71-73-79(83)80-77(76-87-88(84,85)86-75-74-81(3,4)5)78(82)72-70-68-66-64-62-60-58-56-54-52-50-48-31-29-27-25-23-21-19-17-15-13-11-9-7-2/h8,10,14,16,20,22,26,28,32-33,35-36,38-39,70,72,77-78,82H,6-7,9,11-13,15,17-19,21,23-25,27,29-31,34,37,40-69,71,73-76H2,1-5H3,(H-,80,83,84,85)/b10-8-,16-14-,22-20-,28-26-,33-32-,36-35-,39-38-,72-70+. The summed E-state index contributed by atoms with van der Waals surface area (Å²) in [6, 6.07) is -0.891. The molecule has 0 aromatic rings. The van der Waals surface area contributed by atoms with E-state index in [0.29, 0.717) is 17.4 Å². The second-order valence-electron chi connectivity index (χ2n) is 26.6. The van der Waals surface area contributed by atoms with Crippen LogP contribution in [0.15, 0.2) is 97.2 Å². The van der Waals surface area contributed by atoms with Crippen LogP contribution >= 0.6 is 7.82 Å². The van der Waals surface area contributed by atoms with Crippen molar-refractivity contribution in [3.8, 4) is 0 Å². The first-order valence-corrected chi connectivity index (χ1v) is 39.1.